The number of rotatable bonds is 5. The lowest BCUT2D eigenvalue weighted by Gasteiger charge is -2.05. The number of hydrogen-bond donors (Lipinski definition) is 0. The number of pyridine rings is 1. The van der Waals surface area contributed by atoms with Gasteiger partial charge in [-0.15, -0.1) is 0 Å². The van der Waals surface area contributed by atoms with Crippen molar-refractivity contribution in [1.29, 1.82) is 0 Å². The van der Waals surface area contributed by atoms with Gasteiger partial charge in [-0.2, -0.15) is 0 Å². The quantitative estimate of drug-likeness (QED) is 0.771. The number of ketones is 1. The Bertz CT molecular complexity index is 602. The molecule has 0 radical (unpaired) electrons. The van der Waals surface area contributed by atoms with Crippen molar-refractivity contribution in [3.05, 3.63) is 42.2 Å². The molecule has 19 heavy (non-hydrogen) atoms. The maximum absolute atomic E-state index is 11.9. The lowest BCUT2D eigenvalue weighted by molar-refractivity contribution is -0.141. The molecule has 0 saturated carbocycles. The Labute approximate surface area is 111 Å². The van der Waals surface area contributed by atoms with Crippen LogP contribution < -0.4 is 0 Å². The van der Waals surface area contributed by atoms with Crippen molar-refractivity contribution >= 4 is 22.5 Å². The number of benzene rings is 1. The summed E-state index contributed by atoms with van der Waals surface area (Å²) in [7, 11) is 1.32. The number of esters is 1. The van der Waals surface area contributed by atoms with Crippen molar-refractivity contribution in [1.82, 2.24) is 4.98 Å². The van der Waals surface area contributed by atoms with Gasteiger partial charge in [0, 0.05) is 30.6 Å². The minimum atomic E-state index is -0.351. The van der Waals surface area contributed by atoms with Crippen LogP contribution in [0.3, 0.4) is 0 Å². The fourth-order valence-electron chi connectivity index (χ4n) is 1.99. The molecule has 1 heterocycles. The molecule has 0 saturated heterocycles. The zero-order valence-corrected chi connectivity index (χ0v) is 10.8. The average Bonchev–Trinajstić information content (AvgIpc) is 2.45. The molecule has 0 atom stereocenters. The molecule has 0 spiro atoms. The summed E-state index contributed by atoms with van der Waals surface area (Å²) in [6.45, 7) is 0. The SMILES string of the molecule is COC(=O)CCC(=O)Cc1cccc2cnccc12. The van der Waals surface area contributed by atoms with Gasteiger partial charge in [-0.05, 0) is 17.0 Å². The van der Waals surface area contributed by atoms with Crippen LogP contribution in [-0.4, -0.2) is 23.8 Å². The van der Waals surface area contributed by atoms with E-state index in [2.05, 4.69) is 9.72 Å². The van der Waals surface area contributed by atoms with Crippen LogP contribution in [0.15, 0.2) is 36.7 Å². The van der Waals surface area contributed by atoms with Gasteiger partial charge in [-0.3, -0.25) is 14.6 Å². The van der Waals surface area contributed by atoms with Gasteiger partial charge in [-0.1, -0.05) is 18.2 Å². The lowest BCUT2D eigenvalue weighted by atomic mass is 10.0. The van der Waals surface area contributed by atoms with Gasteiger partial charge < -0.3 is 4.74 Å². The molecule has 2 aromatic rings. The maximum atomic E-state index is 11.9. The Balaban J connectivity index is 2.09. The fraction of sp³-hybridized carbons (Fsp3) is 0.267. The van der Waals surface area contributed by atoms with E-state index >= 15 is 0 Å². The molecule has 0 unspecified atom stereocenters. The second-order valence-corrected chi connectivity index (χ2v) is 4.31. The number of hydrogen-bond acceptors (Lipinski definition) is 4. The van der Waals surface area contributed by atoms with Crippen LogP contribution in [0.1, 0.15) is 18.4 Å². The molecule has 0 aliphatic rings. The summed E-state index contributed by atoms with van der Waals surface area (Å²) in [5.74, 6) is -0.315. The first-order chi connectivity index (χ1) is 9.20. The molecule has 0 aliphatic carbocycles. The van der Waals surface area contributed by atoms with E-state index in [9.17, 15) is 9.59 Å². The zero-order chi connectivity index (χ0) is 13.7. The Morgan fingerprint density at radius 3 is 2.84 bits per heavy atom. The van der Waals surface area contributed by atoms with E-state index in [1.807, 2.05) is 24.3 Å². The standard InChI is InChI=1S/C15H15NO3/c1-19-15(18)6-5-13(17)9-11-3-2-4-12-10-16-8-7-14(11)12/h2-4,7-8,10H,5-6,9H2,1H3. The van der Waals surface area contributed by atoms with Crippen molar-refractivity contribution in [2.45, 2.75) is 19.3 Å². The number of carbonyl (C=O) groups is 2. The van der Waals surface area contributed by atoms with Crippen LogP contribution in [-0.2, 0) is 20.7 Å². The van der Waals surface area contributed by atoms with Crippen LogP contribution in [0.4, 0.5) is 0 Å². The first-order valence-electron chi connectivity index (χ1n) is 6.11. The third-order valence-corrected chi connectivity index (χ3v) is 2.99. The molecule has 98 valence electrons. The van der Waals surface area contributed by atoms with Crippen molar-refractivity contribution in [2.75, 3.05) is 7.11 Å². The highest BCUT2D eigenvalue weighted by Gasteiger charge is 2.09. The van der Waals surface area contributed by atoms with Gasteiger partial charge in [0.25, 0.3) is 0 Å². The molecule has 4 heteroatoms. The summed E-state index contributed by atoms with van der Waals surface area (Å²) in [5.41, 5.74) is 0.967. The predicted octanol–water partition coefficient (Wildman–Crippen LogP) is 2.30. The minimum Gasteiger partial charge on any atom is -0.469 e. The molecular formula is C15H15NO3. The number of fused-ring (bicyclic) bond motifs is 1. The normalized spacial score (nSPS) is 10.4. The van der Waals surface area contributed by atoms with E-state index in [0.29, 0.717) is 6.42 Å². The van der Waals surface area contributed by atoms with E-state index in [-0.39, 0.29) is 24.6 Å². The van der Waals surface area contributed by atoms with Crippen LogP contribution in [0.5, 0.6) is 0 Å². The number of carbonyl (C=O) groups excluding carboxylic acids is 2. The monoisotopic (exact) mass is 257 g/mol. The van der Waals surface area contributed by atoms with E-state index in [1.54, 1.807) is 12.4 Å². The highest BCUT2D eigenvalue weighted by atomic mass is 16.5. The summed E-state index contributed by atoms with van der Waals surface area (Å²) in [5, 5.41) is 2.05. The number of methoxy groups -OCH3 is 1. The van der Waals surface area contributed by atoms with Gasteiger partial charge in [0.05, 0.1) is 13.5 Å². The molecule has 1 aromatic heterocycles. The average molecular weight is 257 g/mol. The van der Waals surface area contributed by atoms with Gasteiger partial charge in [-0.25, -0.2) is 0 Å². The zero-order valence-electron chi connectivity index (χ0n) is 10.8. The summed E-state index contributed by atoms with van der Waals surface area (Å²) >= 11 is 0. The van der Waals surface area contributed by atoms with Crippen LogP contribution in [0.25, 0.3) is 10.8 Å². The molecule has 0 amide bonds. The van der Waals surface area contributed by atoms with E-state index in [4.69, 9.17) is 0 Å². The predicted molar refractivity (Wildman–Crippen MR) is 71.7 cm³/mol. The first kappa shape index (κ1) is 13.2. The van der Waals surface area contributed by atoms with Gasteiger partial charge in [0.2, 0.25) is 0 Å². The van der Waals surface area contributed by atoms with Crippen molar-refractivity contribution in [3.63, 3.8) is 0 Å². The van der Waals surface area contributed by atoms with Crippen LogP contribution >= 0.6 is 0 Å². The Morgan fingerprint density at radius 1 is 1.21 bits per heavy atom. The topological polar surface area (TPSA) is 56.3 Å². The minimum absolute atomic E-state index is 0.0368. The molecule has 1 aromatic carbocycles. The van der Waals surface area contributed by atoms with Crippen LogP contribution in [0, 0.1) is 0 Å². The van der Waals surface area contributed by atoms with Gasteiger partial charge >= 0.3 is 5.97 Å². The lowest BCUT2D eigenvalue weighted by Crippen LogP contribution is -2.08. The third kappa shape index (κ3) is 3.37. The smallest absolute Gasteiger partial charge is 0.305 e. The Kier molecular flexibility index (Phi) is 4.23. The highest BCUT2D eigenvalue weighted by Crippen LogP contribution is 2.18. The number of nitrogens with zero attached hydrogens (tertiary/aromatic N) is 1. The van der Waals surface area contributed by atoms with E-state index < -0.39 is 0 Å². The fourth-order valence-corrected chi connectivity index (χ4v) is 1.99. The van der Waals surface area contributed by atoms with E-state index in [0.717, 1.165) is 16.3 Å². The summed E-state index contributed by atoms with van der Waals surface area (Å²) in [6.07, 6.45) is 4.18. The number of aromatic nitrogens is 1. The molecule has 0 fully saturated rings. The Morgan fingerprint density at radius 2 is 2.05 bits per heavy atom. The second-order valence-electron chi connectivity index (χ2n) is 4.31. The van der Waals surface area contributed by atoms with Crippen molar-refractivity contribution in [3.8, 4) is 0 Å². The molecule has 0 aliphatic heterocycles. The van der Waals surface area contributed by atoms with Crippen LogP contribution in [0.2, 0.25) is 0 Å². The highest BCUT2D eigenvalue weighted by molar-refractivity contribution is 5.91. The molecule has 0 bridgehead atoms. The van der Waals surface area contributed by atoms with E-state index in [1.165, 1.54) is 7.11 Å². The summed E-state index contributed by atoms with van der Waals surface area (Å²) in [4.78, 5) is 26.9. The van der Waals surface area contributed by atoms with Gasteiger partial charge in [0.1, 0.15) is 5.78 Å². The molecule has 2 rings (SSSR count). The third-order valence-electron chi connectivity index (χ3n) is 2.99. The molecule has 4 nitrogen and oxygen atoms in total. The van der Waals surface area contributed by atoms with Crippen molar-refractivity contribution in [2.24, 2.45) is 0 Å². The molecular weight excluding hydrogens is 242 g/mol. The number of ether oxygens (including phenoxy) is 1. The van der Waals surface area contributed by atoms with Gasteiger partial charge in [0.15, 0.2) is 0 Å². The Hall–Kier alpha value is -2.23. The second kappa shape index (κ2) is 6.09. The van der Waals surface area contributed by atoms with Crippen molar-refractivity contribution < 1.29 is 14.3 Å². The largest absolute Gasteiger partial charge is 0.469 e. The summed E-state index contributed by atoms with van der Waals surface area (Å²) in [6, 6.07) is 7.70. The first-order valence-corrected chi connectivity index (χ1v) is 6.11. The maximum Gasteiger partial charge on any atom is 0.305 e. The summed E-state index contributed by atoms with van der Waals surface area (Å²) < 4.78 is 4.52. The number of Topliss-reactive ketones (excluding diaryl/α,β-unsaturated/α-hetero) is 1. The molecule has 0 N–H and O–H groups in total.